The number of hydrogen-bond donors (Lipinski definition) is 1. The third-order valence-electron chi connectivity index (χ3n) is 3.67. The van der Waals surface area contributed by atoms with Gasteiger partial charge >= 0.3 is 0 Å². The second-order valence-corrected chi connectivity index (χ2v) is 5.70. The van der Waals surface area contributed by atoms with E-state index in [0.717, 1.165) is 6.42 Å². The van der Waals surface area contributed by atoms with Crippen molar-refractivity contribution in [2.24, 2.45) is 0 Å². The van der Waals surface area contributed by atoms with Crippen molar-refractivity contribution in [3.63, 3.8) is 0 Å². The van der Waals surface area contributed by atoms with Gasteiger partial charge in [0.1, 0.15) is 11.5 Å². The fourth-order valence-corrected chi connectivity index (χ4v) is 1.96. The van der Waals surface area contributed by atoms with Gasteiger partial charge in [0.05, 0.1) is 17.5 Å². The molecule has 1 N–H and O–H groups in total. The molecule has 2 rings (SSSR count). The van der Waals surface area contributed by atoms with Crippen molar-refractivity contribution in [3.8, 4) is 5.69 Å². The van der Waals surface area contributed by atoms with Crippen LogP contribution in [0.3, 0.4) is 0 Å². The molecule has 21 heavy (non-hydrogen) atoms. The molecule has 0 aliphatic rings. The lowest BCUT2D eigenvalue weighted by Crippen LogP contribution is -2.42. The maximum Gasteiger partial charge on any atom is 0.255 e. The fraction of sp³-hybridized carbons (Fsp3) is 0.375. The lowest BCUT2D eigenvalue weighted by Gasteiger charge is -2.24. The summed E-state index contributed by atoms with van der Waals surface area (Å²) >= 11 is 0. The van der Waals surface area contributed by atoms with Gasteiger partial charge < -0.3 is 5.32 Å². The van der Waals surface area contributed by atoms with Crippen LogP contribution >= 0.6 is 0 Å². The molecule has 0 atom stereocenters. The molecule has 1 aromatic carbocycles. The quantitative estimate of drug-likeness (QED) is 0.939. The largest absolute Gasteiger partial charge is 0.347 e. The average molecular weight is 289 g/mol. The summed E-state index contributed by atoms with van der Waals surface area (Å²) in [4.78, 5) is 12.3. The molecule has 0 aliphatic carbocycles. The van der Waals surface area contributed by atoms with E-state index < -0.39 is 0 Å². The van der Waals surface area contributed by atoms with Gasteiger partial charge in [-0.05, 0) is 39.3 Å². The van der Waals surface area contributed by atoms with Gasteiger partial charge in [0, 0.05) is 5.54 Å². The Morgan fingerprint density at radius 3 is 2.67 bits per heavy atom. The highest BCUT2D eigenvalue weighted by Crippen LogP contribution is 2.18. The molecule has 1 aromatic heterocycles. The summed E-state index contributed by atoms with van der Waals surface area (Å²) < 4.78 is 15.3. The maximum atomic E-state index is 13.8. The zero-order valence-electron chi connectivity index (χ0n) is 12.8. The molecule has 0 unspecified atom stereocenters. The van der Waals surface area contributed by atoms with Gasteiger partial charge in [-0.15, -0.1) is 0 Å². The molecule has 0 saturated heterocycles. The molecule has 1 heterocycles. The van der Waals surface area contributed by atoms with Crippen molar-refractivity contribution in [2.75, 3.05) is 0 Å². The number of para-hydroxylation sites is 1. The predicted octanol–water partition coefficient (Wildman–Crippen LogP) is 3.24. The number of halogens is 1. The van der Waals surface area contributed by atoms with E-state index in [1.807, 2.05) is 20.8 Å². The number of carbonyl (C=O) groups excluding carboxylic acids is 1. The molecule has 0 radical (unpaired) electrons. The lowest BCUT2D eigenvalue weighted by molar-refractivity contribution is 0.0910. The summed E-state index contributed by atoms with van der Waals surface area (Å²) in [6.45, 7) is 7.69. The molecule has 0 spiro atoms. The smallest absolute Gasteiger partial charge is 0.255 e. The molecular formula is C16H20FN3O. The SMILES string of the molecule is CCC(C)(C)NC(=O)c1cnn(-c2ccccc2F)c1C. The summed E-state index contributed by atoms with van der Waals surface area (Å²) in [7, 11) is 0. The summed E-state index contributed by atoms with van der Waals surface area (Å²) in [5, 5.41) is 7.10. The number of nitrogens with one attached hydrogen (secondary N) is 1. The number of amides is 1. The van der Waals surface area contributed by atoms with Crippen LogP contribution in [0.4, 0.5) is 4.39 Å². The van der Waals surface area contributed by atoms with Gasteiger partial charge in [0.15, 0.2) is 0 Å². The Morgan fingerprint density at radius 2 is 2.05 bits per heavy atom. The van der Waals surface area contributed by atoms with E-state index in [0.29, 0.717) is 16.9 Å². The molecule has 0 fully saturated rings. The van der Waals surface area contributed by atoms with Crippen molar-refractivity contribution in [1.29, 1.82) is 0 Å². The van der Waals surface area contributed by atoms with E-state index in [9.17, 15) is 9.18 Å². The number of carbonyl (C=O) groups is 1. The number of aromatic nitrogens is 2. The summed E-state index contributed by atoms with van der Waals surface area (Å²) in [5.41, 5.74) is 1.12. The number of hydrogen-bond acceptors (Lipinski definition) is 2. The van der Waals surface area contributed by atoms with Crippen LogP contribution in [0.5, 0.6) is 0 Å². The molecule has 1 amide bonds. The minimum absolute atomic E-state index is 0.193. The standard InChI is InChI=1S/C16H20FN3O/c1-5-16(3,4)19-15(21)12-10-18-20(11(12)2)14-9-7-6-8-13(14)17/h6-10H,5H2,1-4H3,(H,19,21). The normalized spacial score (nSPS) is 11.5. The second kappa shape index (κ2) is 5.68. The first-order chi connectivity index (χ1) is 9.85. The molecule has 112 valence electrons. The molecule has 2 aromatic rings. The van der Waals surface area contributed by atoms with Crippen molar-refractivity contribution in [1.82, 2.24) is 15.1 Å². The van der Waals surface area contributed by atoms with Gasteiger partial charge in [-0.25, -0.2) is 9.07 Å². The van der Waals surface area contributed by atoms with Crippen LogP contribution < -0.4 is 5.32 Å². The van der Waals surface area contributed by atoms with Crippen LogP contribution in [0.2, 0.25) is 0 Å². The van der Waals surface area contributed by atoms with Crippen LogP contribution in [0.15, 0.2) is 30.5 Å². The number of rotatable bonds is 4. The fourth-order valence-electron chi connectivity index (χ4n) is 1.96. The highest BCUT2D eigenvalue weighted by molar-refractivity contribution is 5.95. The minimum atomic E-state index is -0.371. The van der Waals surface area contributed by atoms with Gasteiger partial charge in [-0.2, -0.15) is 5.10 Å². The Hall–Kier alpha value is -2.17. The average Bonchev–Trinajstić information content (AvgIpc) is 2.81. The first-order valence-electron chi connectivity index (χ1n) is 6.98. The highest BCUT2D eigenvalue weighted by atomic mass is 19.1. The zero-order chi connectivity index (χ0) is 15.6. The first-order valence-corrected chi connectivity index (χ1v) is 6.98. The van der Waals surface area contributed by atoms with Crippen molar-refractivity contribution < 1.29 is 9.18 Å². The van der Waals surface area contributed by atoms with Crippen LogP contribution in [0, 0.1) is 12.7 Å². The third kappa shape index (κ3) is 3.12. The Labute approximate surface area is 124 Å². The van der Waals surface area contributed by atoms with Gasteiger partial charge in [-0.3, -0.25) is 4.79 Å². The van der Waals surface area contributed by atoms with Crippen LogP contribution in [0.25, 0.3) is 5.69 Å². The highest BCUT2D eigenvalue weighted by Gasteiger charge is 2.22. The number of benzene rings is 1. The third-order valence-corrected chi connectivity index (χ3v) is 3.67. The van der Waals surface area contributed by atoms with E-state index >= 15 is 0 Å². The van der Waals surface area contributed by atoms with Crippen LogP contribution in [-0.2, 0) is 0 Å². The first kappa shape index (κ1) is 15.2. The van der Waals surface area contributed by atoms with Gasteiger partial charge in [0.25, 0.3) is 5.91 Å². The minimum Gasteiger partial charge on any atom is -0.347 e. The van der Waals surface area contributed by atoms with Crippen molar-refractivity contribution >= 4 is 5.91 Å². The maximum absolute atomic E-state index is 13.8. The van der Waals surface area contributed by atoms with E-state index in [-0.39, 0.29) is 17.3 Å². The Bertz CT molecular complexity index is 661. The van der Waals surface area contributed by atoms with Crippen molar-refractivity contribution in [2.45, 2.75) is 39.7 Å². The van der Waals surface area contributed by atoms with E-state index in [4.69, 9.17) is 0 Å². The van der Waals surface area contributed by atoms with E-state index in [1.165, 1.54) is 16.9 Å². The molecular weight excluding hydrogens is 269 g/mol. The van der Waals surface area contributed by atoms with Gasteiger partial charge in [0.2, 0.25) is 0 Å². The predicted molar refractivity (Wildman–Crippen MR) is 80.1 cm³/mol. The summed E-state index contributed by atoms with van der Waals surface area (Å²) in [6, 6.07) is 6.36. The lowest BCUT2D eigenvalue weighted by atomic mass is 10.0. The molecule has 5 heteroatoms. The Kier molecular flexibility index (Phi) is 4.11. The Morgan fingerprint density at radius 1 is 1.38 bits per heavy atom. The van der Waals surface area contributed by atoms with Crippen molar-refractivity contribution in [3.05, 3.63) is 47.5 Å². The number of nitrogens with zero attached hydrogens (tertiary/aromatic N) is 2. The van der Waals surface area contributed by atoms with E-state index in [2.05, 4.69) is 10.4 Å². The van der Waals surface area contributed by atoms with Gasteiger partial charge in [-0.1, -0.05) is 19.1 Å². The molecule has 0 saturated carbocycles. The zero-order valence-corrected chi connectivity index (χ0v) is 12.8. The second-order valence-electron chi connectivity index (χ2n) is 5.70. The van der Waals surface area contributed by atoms with E-state index in [1.54, 1.807) is 25.1 Å². The molecule has 0 aliphatic heterocycles. The summed E-state index contributed by atoms with van der Waals surface area (Å²) in [5.74, 6) is -0.563. The molecule has 4 nitrogen and oxygen atoms in total. The Balaban J connectivity index is 2.34. The van der Waals surface area contributed by atoms with Crippen LogP contribution in [0.1, 0.15) is 43.2 Å². The monoisotopic (exact) mass is 289 g/mol. The van der Waals surface area contributed by atoms with Crippen LogP contribution in [-0.4, -0.2) is 21.2 Å². The topological polar surface area (TPSA) is 46.9 Å². The summed E-state index contributed by atoms with van der Waals surface area (Å²) in [6.07, 6.45) is 2.29. The molecule has 0 bridgehead atoms.